The quantitative estimate of drug-likeness (QED) is 0.107. The highest BCUT2D eigenvalue weighted by Gasteiger charge is 2.52. The van der Waals surface area contributed by atoms with Crippen LogP contribution in [0.2, 0.25) is 0 Å². The molecule has 1 aliphatic rings. The first-order valence-corrected chi connectivity index (χ1v) is 15.5. The first-order chi connectivity index (χ1) is 22.8. The minimum atomic E-state index is -1.50. The second kappa shape index (κ2) is 13.8. The Hall–Kier alpha value is -5.60. The maximum Gasteiger partial charge on any atom is 0.338 e. The van der Waals surface area contributed by atoms with E-state index >= 15 is 0 Å². The van der Waals surface area contributed by atoms with Gasteiger partial charge in [0, 0.05) is 0 Å². The molecule has 2 aromatic heterocycles. The molecule has 3 heterocycles. The van der Waals surface area contributed by atoms with E-state index in [2.05, 4.69) is 15.0 Å². The molecule has 0 amide bonds. The van der Waals surface area contributed by atoms with E-state index in [1.807, 2.05) is 0 Å². The summed E-state index contributed by atoms with van der Waals surface area (Å²) >= 11 is 1.12. The number of carbonyl (C=O) groups is 3. The standard InChI is InChI=1S/C33H26N4O9S/c1-47-33-35-27-24(28(39)36-33)34-17-23(38)37(27)29-26(46-32(42)21-15-9-4-10-16-21)25(45-31(41)20-13-7-3-8-14-20)22(44-29)18-43-30(40)19-11-5-2-6-12-19/h2-17,22,25-26,29H,18H2,1H3,(H,35,36,39)/t22-,25-,26-,29-/m1/s1. The third-order valence-electron chi connectivity index (χ3n) is 7.25. The van der Waals surface area contributed by atoms with Gasteiger partial charge in [0.15, 0.2) is 34.8 Å². The van der Waals surface area contributed by atoms with Gasteiger partial charge in [-0.3, -0.25) is 19.1 Å². The zero-order valence-electron chi connectivity index (χ0n) is 24.7. The molecule has 13 nitrogen and oxygen atoms in total. The molecule has 5 aromatic rings. The molecule has 3 aromatic carbocycles. The molecule has 0 bridgehead atoms. The van der Waals surface area contributed by atoms with E-state index in [4.69, 9.17) is 18.9 Å². The van der Waals surface area contributed by atoms with E-state index in [9.17, 15) is 24.0 Å². The highest BCUT2D eigenvalue weighted by atomic mass is 32.2. The van der Waals surface area contributed by atoms with Crippen molar-refractivity contribution in [3.05, 3.63) is 135 Å². The summed E-state index contributed by atoms with van der Waals surface area (Å²) in [4.78, 5) is 77.1. The zero-order valence-corrected chi connectivity index (χ0v) is 25.5. The number of aromatic amines is 1. The normalized spacial score (nSPS) is 18.8. The van der Waals surface area contributed by atoms with Crippen LogP contribution in [0.1, 0.15) is 37.3 Å². The van der Waals surface area contributed by atoms with Crippen LogP contribution in [0.25, 0.3) is 11.2 Å². The number of thioether (sulfide) groups is 1. The van der Waals surface area contributed by atoms with Gasteiger partial charge in [0.2, 0.25) is 0 Å². The number of nitrogens with one attached hydrogen (secondary N) is 1. The van der Waals surface area contributed by atoms with Crippen LogP contribution in [-0.2, 0) is 18.9 Å². The number of esters is 3. The monoisotopic (exact) mass is 654 g/mol. The van der Waals surface area contributed by atoms with Crippen LogP contribution in [0.15, 0.2) is 112 Å². The van der Waals surface area contributed by atoms with Crippen molar-refractivity contribution in [3.63, 3.8) is 0 Å². The molecular weight excluding hydrogens is 628 g/mol. The summed E-state index contributed by atoms with van der Waals surface area (Å²) in [5.41, 5.74) is -1.09. The van der Waals surface area contributed by atoms with Gasteiger partial charge in [-0.15, -0.1) is 0 Å². The summed E-state index contributed by atoms with van der Waals surface area (Å²) in [5.74, 6) is -2.28. The second-order valence-electron chi connectivity index (χ2n) is 10.2. The topological polar surface area (TPSA) is 169 Å². The molecule has 47 heavy (non-hydrogen) atoms. The Morgan fingerprint density at radius 2 is 1.34 bits per heavy atom. The van der Waals surface area contributed by atoms with Crippen LogP contribution in [-0.4, -0.2) is 68.6 Å². The Balaban J connectivity index is 1.45. The smallest absolute Gasteiger partial charge is 0.338 e. The largest absolute Gasteiger partial charge is 0.459 e. The maximum atomic E-state index is 13.5. The van der Waals surface area contributed by atoms with Crippen molar-refractivity contribution in [3.8, 4) is 0 Å². The van der Waals surface area contributed by atoms with Gasteiger partial charge in [-0.1, -0.05) is 66.4 Å². The molecule has 1 N–H and O–H groups in total. The Bertz CT molecular complexity index is 2040. The van der Waals surface area contributed by atoms with E-state index in [0.29, 0.717) is 0 Å². The van der Waals surface area contributed by atoms with E-state index in [-0.39, 0.29) is 33.0 Å². The van der Waals surface area contributed by atoms with Crippen LogP contribution in [0.4, 0.5) is 0 Å². The molecule has 1 aliphatic heterocycles. The van der Waals surface area contributed by atoms with Crippen LogP contribution in [0, 0.1) is 0 Å². The first kappa shape index (κ1) is 31.4. The summed E-state index contributed by atoms with van der Waals surface area (Å²) in [5, 5.41) is 0.180. The number of fused-ring (bicyclic) bond motifs is 1. The summed E-state index contributed by atoms with van der Waals surface area (Å²) in [6.07, 6.45) is -3.05. The molecule has 0 spiro atoms. The number of rotatable bonds is 9. The number of aromatic nitrogens is 4. The summed E-state index contributed by atoms with van der Waals surface area (Å²) < 4.78 is 24.7. The molecule has 6 rings (SSSR count). The van der Waals surface area contributed by atoms with Gasteiger partial charge in [0.1, 0.15) is 12.7 Å². The minimum Gasteiger partial charge on any atom is -0.459 e. The van der Waals surface area contributed by atoms with Crippen LogP contribution < -0.4 is 11.1 Å². The number of nitrogens with zero attached hydrogens (tertiary/aromatic N) is 3. The molecule has 1 saturated heterocycles. The van der Waals surface area contributed by atoms with Crippen molar-refractivity contribution >= 4 is 40.8 Å². The summed E-state index contributed by atoms with van der Waals surface area (Å²) in [6.45, 7) is -0.460. The third kappa shape index (κ3) is 6.68. The number of ether oxygens (including phenoxy) is 4. The van der Waals surface area contributed by atoms with Crippen molar-refractivity contribution in [2.75, 3.05) is 12.9 Å². The number of benzene rings is 3. The number of carbonyl (C=O) groups excluding carboxylic acids is 3. The van der Waals surface area contributed by atoms with Crippen molar-refractivity contribution < 1.29 is 33.3 Å². The lowest BCUT2D eigenvalue weighted by molar-refractivity contribution is -0.0619. The summed E-state index contributed by atoms with van der Waals surface area (Å²) in [6, 6.07) is 24.3. The van der Waals surface area contributed by atoms with Gasteiger partial charge in [-0.2, -0.15) is 0 Å². The predicted molar refractivity (Wildman–Crippen MR) is 168 cm³/mol. The lowest BCUT2D eigenvalue weighted by Crippen LogP contribution is -2.42. The number of hydrogen-bond donors (Lipinski definition) is 1. The fourth-order valence-corrected chi connectivity index (χ4v) is 5.39. The van der Waals surface area contributed by atoms with Crippen molar-refractivity contribution in [1.82, 2.24) is 19.5 Å². The maximum absolute atomic E-state index is 13.5. The van der Waals surface area contributed by atoms with Gasteiger partial charge < -0.3 is 18.9 Å². The van der Waals surface area contributed by atoms with Crippen molar-refractivity contribution in [1.29, 1.82) is 0 Å². The zero-order chi connectivity index (χ0) is 32.9. The van der Waals surface area contributed by atoms with Gasteiger partial charge in [-0.05, 0) is 42.7 Å². The highest BCUT2D eigenvalue weighted by molar-refractivity contribution is 7.98. The van der Waals surface area contributed by atoms with Crippen LogP contribution >= 0.6 is 11.8 Å². The lowest BCUT2D eigenvalue weighted by Gasteiger charge is -2.25. The van der Waals surface area contributed by atoms with E-state index in [0.717, 1.165) is 22.5 Å². The number of hydrogen-bond acceptors (Lipinski definition) is 12. The average molecular weight is 655 g/mol. The van der Waals surface area contributed by atoms with Crippen molar-refractivity contribution in [2.45, 2.75) is 29.7 Å². The molecule has 1 fully saturated rings. The van der Waals surface area contributed by atoms with Gasteiger partial charge in [0.25, 0.3) is 11.1 Å². The van der Waals surface area contributed by atoms with E-state index in [1.165, 1.54) is 24.3 Å². The minimum absolute atomic E-state index is 0.161. The first-order valence-electron chi connectivity index (χ1n) is 14.3. The van der Waals surface area contributed by atoms with Crippen LogP contribution in [0.3, 0.4) is 0 Å². The Morgan fingerprint density at radius 3 is 1.89 bits per heavy atom. The fraction of sp³-hybridized carbons (Fsp3) is 0.182. The lowest BCUT2D eigenvalue weighted by atomic mass is 10.1. The van der Waals surface area contributed by atoms with E-state index in [1.54, 1.807) is 73.0 Å². The average Bonchev–Trinajstić information content (AvgIpc) is 3.43. The van der Waals surface area contributed by atoms with Gasteiger partial charge in [-0.25, -0.2) is 24.4 Å². The number of H-pyrrole nitrogens is 1. The Labute approximate surface area is 270 Å². The van der Waals surface area contributed by atoms with E-state index < -0.39 is 60.2 Å². The summed E-state index contributed by atoms with van der Waals surface area (Å²) in [7, 11) is 0. The highest BCUT2D eigenvalue weighted by Crippen LogP contribution is 2.36. The predicted octanol–water partition coefficient (Wildman–Crippen LogP) is 3.41. The Morgan fingerprint density at radius 1 is 0.809 bits per heavy atom. The van der Waals surface area contributed by atoms with Gasteiger partial charge >= 0.3 is 17.9 Å². The second-order valence-corrected chi connectivity index (χ2v) is 11.0. The molecule has 0 unspecified atom stereocenters. The molecule has 0 aliphatic carbocycles. The molecule has 238 valence electrons. The third-order valence-corrected chi connectivity index (χ3v) is 7.83. The van der Waals surface area contributed by atoms with Crippen LogP contribution in [0.5, 0.6) is 0 Å². The molecule has 4 atom stereocenters. The van der Waals surface area contributed by atoms with Gasteiger partial charge in [0.05, 0.1) is 22.9 Å². The molecule has 0 radical (unpaired) electrons. The SMILES string of the molecule is CSc1nc2c(ncc(=O)n2[C@@H]2O[C@H](COC(=O)c3ccccc3)[C@@H](OC(=O)c3ccccc3)[C@H]2OC(=O)c2ccccc2)c(=O)[nH]1. The molecule has 14 heteroatoms. The van der Waals surface area contributed by atoms with Crippen molar-refractivity contribution in [2.24, 2.45) is 0 Å². The molecule has 0 saturated carbocycles. The Kier molecular flexibility index (Phi) is 9.22. The molecular formula is C33H26N4O9S. The fourth-order valence-electron chi connectivity index (χ4n) is 5.01.